The van der Waals surface area contributed by atoms with Gasteiger partial charge in [-0.15, -0.1) is 0 Å². The minimum Gasteiger partial charge on any atom is -0.459 e. The first-order valence-electron chi connectivity index (χ1n) is 17.1. The van der Waals surface area contributed by atoms with E-state index in [0.717, 1.165) is 38.1 Å². The normalized spacial score (nSPS) is 21.9. The Morgan fingerprint density at radius 3 is 1.49 bits per heavy atom. The number of halogens is 10. The monoisotopic (exact) mass is 828 g/mol. The molecule has 7 unspecified atom stereocenters. The van der Waals surface area contributed by atoms with Gasteiger partial charge in [-0.2, -0.15) is 43.9 Å². The van der Waals surface area contributed by atoms with Crippen molar-refractivity contribution >= 4 is 29.8 Å². The van der Waals surface area contributed by atoms with Gasteiger partial charge in [-0.1, -0.05) is 32.6 Å². The maximum absolute atomic E-state index is 15.5. The molecule has 0 N–H and O–H groups in total. The molecule has 0 spiro atoms. The standard InChI is InChI=1S/C37H34F10O10/c1-5-25(34(38,39)32(51)53-21-11-7-9-19(15-21)36(42,43)44)56-30(49)27-18-13-23(24(14-18)55-29(48)17(3)4)28(27)31(50)57-26(6-2)35(40,41)33(52)54-22-12-8-10-20(16-22)37(45,46)47/h7-12,15-16,18,23-28H,3,5-6,13-14H2,1-2,4H3. The van der Waals surface area contributed by atoms with E-state index in [9.17, 15) is 50.3 Å². The van der Waals surface area contributed by atoms with Crippen LogP contribution in [0.4, 0.5) is 43.9 Å². The molecule has 20 heteroatoms. The van der Waals surface area contributed by atoms with Crippen molar-refractivity contribution in [2.75, 3.05) is 0 Å². The highest BCUT2D eigenvalue weighted by molar-refractivity contribution is 5.88. The Labute approximate surface area is 317 Å². The number of esters is 5. The molecule has 0 saturated heterocycles. The Balaban J connectivity index is 1.57. The second-order valence-corrected chi connectivity index (χ2v) is 13.4. The van der Waals surface area contributed by atoms with Gasteiger partial charge in [0.2, 0.25) is 0 Å². The summed E-state index contributed by atoms with van der Waals surface area (Å²) in [6.45, 7) is 6.82. The molecule has 0 aliphatic heterocycles. The molecule has 2 fully saturated rings. The number of hydrogen-bond acceptors (Lipinski definition) is 10. The van der Waals surface area contributed by atoms with Gasteiger partial charge in [-0.25, -0.2) is 14.4 Å². The van der Waals surface area contributed by atoms with Crippen LogP contribution in [0.25, 0.3) is 0 Å². The van der Waals surface area contributed by atoms with Gasteiger partial charge in [0.1, 0.15) is 17.6 Å². The van der Waals surface area contributed by atoms with Crippen LogP contribution in [-0.2, 0) is 50.5 Å². The van der Waals surface area contributed by atoms with Crippen LogP contribution < -0.4 is 9.47 Å². The molecule has 2 aromatic carbocycles. The number of carbonyl (C=O) groups excluding carboxylic acids is 5. The van der Waals surface area contributed by atoms with Crippen molar-refractivity contribution in [3.63, 3.8) is 0 Å². The lowest BCUT2D eigenvalue weighted by molar-refractivity contribution is -0.203. The van der Waals surface area contributed by atoms with E-state index in [-0.39, 0.29) is 30.5 Å². The van der Waals surface area contributed by atoms with Crippen molar-refractivity contribution in [1.29, 1.82) is 0 Å². The SMILES string of the molecule is C=C(C)C(=O)OC1CC2CC1C(C(=O)OC(CC)C(F)(F)C(=O)Oc1cccc(C(F)(F)F)c1)C2C(=O)OC(CC)C(F)(F)C(=O)Oc1cccc(C(F)(F)F)c1. The minimum absolute atomic E-state index is 0.0807. The van der Waals surface area contributed by atoms with Crippen LogP contribution in [0.1, 0.15) is 57.6 Å². The average Bonchev–Trinajstić information content (AvgIpc) is 3.70. The van der Waals surface area contributed by atoms with Gasteiger partial charge in [0.15, 0.2) is 12.2 Å². The molecule has 7 atom stereocenters. The van der Waals surface area contributed by atoms with Crippen molar-refractivity contribution in [2.45, 2.75) is 89.0 Å². The third-order valence-electron chi connectivity index (χ3n) is 9.45. The van der Waals surface area contributed by atoms with E-state index in [1.54, 1.807) is 0 Å². The molecule has 312 valence electrons. The number of hydrogen-bond donors (Lipinski definition) is 0. The van der Waals surface area contributed by atoms with Gasteiger partial charge in [-0.05, 0) is 74.9 Å². The lowest BCUT2D eigenvalue weighted by Gasteiger charge is -2.35. The summed E-state index contributed by atoms with van der Waals surface area (Å²) in [6.07, 6.45) is -18.2. The third kappa shape index (κ3) is 9.87. The van der Waals surface area contributed by atoms with Gasteiger partial charge in [0, 0.05) is 11.5 Å². The molecule has 0 heterocycles. The average molecular weight is 829 g/mol. The minimum atomic E-state index is -4.93. The lowest BCUT2D eigenvalue weighted by atomic mass is 9.77. The second kappa shape index (κ2) is 16.7. The molecule has 0 radical (unpaired) electrons. The van der Waals surface area contributed by atoms with E-state index < -0.39 is 131 Å². The number of rotatable bonds is 14. The molecule has 0 aromatic heterocycles. The van der Waals surface area contributed by atoms with E-state index >= 15 is 17.6 Å². The fourth-order valence-corrected chi connectivity index (χ4v) is 6.69. The predicted molar refractivity (Wildman–Crippen MR) is 172 cm³/mol. The van der Waals surface area contributed by atoms with E-state index in [1.165, 1.54) is 6.92 Å². The molecule has 2 aliphatic carbocycles. The van der Waals surface area contributed by atoms with Crippen molar-refractivity contribution in [3.05, 3.63) is 71.8 Å². The van der Waals surface area contributed by atoms with Gasteiger partial charge >= 0.3 is 54.0 Å². The molecule has 2 aromatic rings. The fourth-order valence-electron chi connectivity index (χ4n) is 6.69. The zero-order valence-electron chi connectivity index (χ0n) is 30.1. The van der Waals surface area contributed by atoms with Crippen LogP contribution in [0, 0.1) is 23.7 Å². The quantitative estimate of drug-likeness (QED) is 0.0609. The first kappa shape index (κ1) is 44.5. The summed E-state index contributed by atoms with van der Waals surface area (Å²) in [6, 6.07) is 4.86. The van der Waals surface area contributed by atoms with E-state index in [2.05, 4.69) is 16.1 Å². The highest BCUT2D eigenvalue weighted by Crippen LogP contribution is 2.55. The lowest BCUT2D eigenvalue weighted by Crippen LogP contribution is -2.50. The maximum atomic E-state index is 15.5. The maximum Gasteiger partial charge on any atom is 0.416 e. The van der Waals surface area contributed by atoms with E-state index in [4.69, 9.17) is 14.2 Å². The number of fused-ring (bicyclic) bond motifs is 2. The number of ether oxygens (including phenoxy) is 5. The van der Waals surface area contributed by atoms with Crippen LogP contribution in [0.2, 0.25) is 0 Å². The Morgan fingerprint density at radius 1 is 0.684 bits per heavy atom. The smallest absolute Gasteiger partial charge is 0.416 e. The summed E-state index contributed by atoms with van der Waals surface area (Å²) in [5.41, 5.74) is -2.74. The second-order valence-electron chi connectivity index (χ2n) is 13.4. The summed E-state index contributed by atoms with van der Waals surface area (Å²) in [5.74, 6) is -25.9. The summed E-state index contributed by atoms with van der Waals surface area (Å²) >= 11 is 0. The Hall–Kier alpha value is -5.17. The molecule has 4 rings (SSSR count). The number of alkyl halides is 10. The summed E-state index contributed by atoms with van der Waals surface area (Å²) in [4.78, 5) is 64.8. The Kier molecular flexibility index (Phi) is 13.1. The highest BCUT2D eigenvalue weighted by Gasteiger charge is 2.63. The van der Waals surface area contributed by atoms with Crippen molar-refractivity contribution in [3.8, 4) is 11.5 Å². The van der Waals surface area contributed by atoms with Crippen LogP contribution in [-0.4, -0.2) is 60.0 Å². The third-order valence-corrected chi connectivity index (χ3v) is 9.45. The molecule has 2 saturated carbocycles. The summed E-state index contributed by atoms with van der Waals surface area (Å²) in [7, 11) is 0. The predicted octanol–water partition coefficient (Wildman–Crippen LogP) is 7.91. The van der Waals surface area contributed by atoms with E-state index in [0.29, 0.717) is 12.1 Å². The van der Waals surface area contributed by atoms with Gasteiger partial charge in [0.25, 0.3) is 0 Å². The Bertz CT molecular complexity index is 1880. The van der Waals surface area contributed by atoms with Crippen LogP contribution in [0.3, 0.4) is 0 Å². The fraction of sp³-hybridized carbons (Fsp3) is 0.486. The molecule has 57 heavy (non-hydrogen) atoms. The summed E-state index contributed by atoms with van der Waals surface area (Å²) in [5, 5.41) is 0. The molecular weight excluding hydrogens is 794 g/mol. The van der Waals surface area contributed by atoms with E-state index in [1.807, 2.05) is 0 Å². The summed E-state index contributed by atoms with van der Waals surface area (Å²) < 4.78 is 165. The molecular formula is C37H34F10O10. The number of benzene rings is 2. The molecule has 2 bridgehead atoms. The Morgan fingerprint density at radius 2 is 1.11 bits per heavy atom. The van der Waals surface area contributed by atoms with Crippen molar-refractivity contribution in [2.24, 2.45) is 23.7 Å². The van der Waals surface area contributed by atoms with Crippen molar-refractivity contribution in [1.82, 2.24) is 0 Å². The molecule has 2 aliphatic rings. The van der Waals surface area contributed by atoms with Gasteiger partial charge in [0.05, 0.1) is 23.0 Å². The van der Waals surface area contributed by atoms with Gasteiger partial charge in [-0.3, -0.25) is 9.59 Å². The van der Waals surface area contributed by atoms with Crippen LogP contribution >= 0.6 is 0 Å². The first-order valence-corrected chi connectivity index (χ1v) is 17.1. The molecule has 10 nitrogen and oxygen atoms in total. The van der Waals surface area contributed by atoms with Crippen molar-refractivity contribution < 1.29 is 91.6 Å². The topological polar surface area (TPSA) is 132 Å². The van der Waals surface area contributed by atoms with Crippen LogP contribution in [0.5, 0.6) is 11.5 Å². The zero-order valence-corrected chi connectivity index (χ0v) is 30.1. The zero-order chi connectivity index (χ0) is 42.8. The largest absolute Gasteiger partial charge is 0.459 e. The highest BCUT2D eigenvalue weighted by atomic mass is 19.4. The number of carbonyl (C=O) groups is 5. The first-order chi connectivity index (χ1) is 26.3. The van der Waals surface area contributed by atoms with Crippen LogP contribution in [0.15, 0.2) is 60.7 Å². The molecule has 0 amide bonds. The van der Waals surface area contributed by atoms with Gasteiger partial charge < -0.3 is 23.7 Å².